The first kappa shape index (κ1) is 26.8. The van der Waals surface area contributed by atoms with Crippen LogP contribution in [-0.2, 0) is 24.3 Å². The molecule has 41 heavy (non-hydrogen) atoms. The molecular weight excluding hydrogens is 554 g/mol. The number of ether oxygens (including phenoxy) is 2. The normalized spacial score (nSPS) is 14.7. The van der Waals surface area contributed by atoms with E-state index in [-0.39, 0.29) is 30.7 Å². The topological polar surface area (TPSA) is 99.4 Å². The van der Waals surface area contributed by atoms with Crippen LogP contribution in [0.25, 0.3) is 22.4 Å². The minimum atomic E-state index is -1.14. The summed E-state index contributed by atoms with van der Waals surface area (Å²) in [5.74, 6) is -1.24. The minimum Gasteiger partial charge on any atom is -0.477 e. The fourth-order valence-corrected chi connectivity index (χ4v) is 4.75. The molecule has 208 valence electrons. The maximum atomic E-state index is 15.4. The Morgan fingerprint density at radius 1 is 1.02 bits per heavy atom. The lowest BCUT2D eigenvalue weighted by molar-refractivity contribution is -0.0590. The zero-order valence-corrected chi connectivity index (χ0v) is 22.3. The Balaban J connectivity index is 1.24. The van der Waals surface area contributed by atoms with Gasteiger partial charge in [0.15, 0.2) is 11.3 Å². The van der Waals surface area contributed by atoms with Crippen LogP contribution in [0.15, 0.2) is 66.7 Å². The maximum Gasteiger partial charge on any atom is 0.354 e. The number of nitrogens with zero attached hydrogens (tertiary/aromatic N) is 4. The third kappa shape index (κ3) is 5.75. The molecular formula is C30H23ClF2N4O4. The van der Waals surface area contributed by atoms with Gasteiger partial charge in [-0.15, -0.1) is 0 Å². The number of carboxylic acid groups (broad SMARTS) is 1. The van der Waals surface area contributed by atoms with Gasteiger partial charge in [0.1, 0.15) is 29.6 Å². The van der Waals surface area contributed by atoms with E-state index in [2.05, 4.69) is 15.0 Å². The predicted molar refractivity (Wildman–Crippen MR) is 147 cm³/mol. The molecule has 1 unspecified atom stereocenters. The molecule has 0 aliphatic carbocycles. The summed E-state index contributed by atoms with van der Waals surface area (Å²) in [6, 6.07) is 17.3. The number of pyridine rings is 2. The summed E-state index contributed by atoms with van der Waals surface area (Å²) < 4.78 is 42.5. The van der Waals surface area contributed by atoms with Crippen LogP contribution in [0.1, 0.15) is 33.9 Å². The molecule has 0 bridgehead atoms. The molecule has 0 radical (unpaired) electrons. The van der Waals surface area contributed by atoms with E-state index in [1.54, 1.807) is 48.5 Å². The zero-order valence-electron chi connectivity index (χ0n) is 21.6. The Morgan fingerprint density at radius 3 is 2.56 bits per heavy atom. The van der Waals surface area contributed by atoms with Crippen molar-refractivity contribution in [1.29, 1.82) is 0 Å². The standard InChI is InChI=1S/C30H23ClF2N4O4/c31-20-7-6-19(23(33)14-20)16-41-28-3-1-2-24(35-28)18-5-4-17(22(32)12-18)13-27-34-25-8-9-26(30(38)39)36-29(25)37(27)15-21-10-11-40-21/h1-9,12,14,21H,10-11,13,15-16H2,(H,38,39). The molecule has 4 heterocycles. The third-order valence-electron chi connectivity index (χ3n) is 6.88. The van der Waals surface area contributed by atoms with Gasteiger partial charge in [-0.05, 0) is 48.4 Å². The molecule has 1 fully saturated rings. The summed E-state index contributed by atoms with van der Waals surface area (Å²) >= 11 is 5.81. The maximum absolute atomic E-state index is 15.4. The summed E-state index contributed by atoms with van der Waals surface area (Å²) in [4.78, 5) is 24.8. The summed E-state index contributed by atoms with van der Waals surface area (Å²) in [7, 11) is 0. The first-order valence-electron chi connectivity index (χ1n) is 12.9. The van der Waals surface area contributed by atoms with Gasteiger partial charge in [-0.25, -0.2) is 28.5 Å². The third-order valence-corrected chi connectivity index (χ3v) is 7.12. The molecule has 11 heteroatoms. The second-order valence-corrected chi connectivity index (χ2v) is 10.1. The molecule has 1 aliphatic heterocycles. The zero-order chi connectivity index (χ0) is 28.5. The molecule has 2 aromatic carbocycles. The molecule has 6 rings (SSSR count). The van der Waals surface area contributed by atoms with Crippen LogP contribution in [0.2, 0.25) is 5.02 Å². The van der Waals surface area contributed by atoms with Crippen LogP contribution in [0, 0.1) is 11.6 Å². The van der Waals surface area contributed by atoms with Crippen molar-refractivity contribution in [2.45, 2.75) is 32.1 Å². The van der Waals surface area contributed by atoms with Crippen LogP contribution in [-0.4, -0.2) is 43.3 Å². The van der Waals surface area contributed by atoms with Crippen molar-refractivity contribution in [2.24, 2.45) is 0 Å². The Morgan fingerprint density at radius 2 is 1.83 bits per heavy atom. The molecule has 1 aliphatic rings. The Kier molecular flexibility index (Phi) is 7.34. The lowest BCUT2D eigenvalue weighted by Gasteiger charge is -2.27. The fourth-order valence-electron chi connectivity index (χ4n) is 4.59. The van der Waals surface area contributed by atoms with Crippen molar-refractivity contribution in [3.8, 4) is 17.1 Å². The first-order chi connectivity index (χ1) is 19.8. The molecule has 3 aromatic heterocycles. The summed E-state index contributed by atoms with van der Waals surface area (Å²) in [5, 5.41) is 9.69. The van der Waals surface area contributed by atoms with Crippen LogP contribution in [0.3, 0.4) is 0 Å². The van der Waals surface area contributed by atoms with E-state index in [0.717, 1.165) is 6.42 Å². The first-order valence-corrected chi connectivity index (χ1v) is 13.3. The van der Waals surface area contributed by atoms with Gasteiger partial charge in [0.2, 0.25) is 5.88 Å². The van der Waals surface area contributed by atoms with Crippen LogP contribution in [0.4, 0.5) is 8.78 Å². The second-order valence-electron chi connectivity index (χ2n) is 9.63. The molecule has 1 N–H and O–H groups in total. The second kappa shape index (κ2) is 11.2. The highest BCUT2D eigenvalue weighted by Crippen LogP contribution is 2.26. The molecule has 1 atom stereocenters. The van der Waals surface area contributed by atoms with Gasteiger partial charge in [-0.1, -0.05) is 35.9 Å². The molecule has 0 amide bonds. The number of rotatable bonds is 9. The van der Waals surface area contributed by atoms with E-state index in [4.69, 9.17) is 21.1 Å². The number of hydrogen-bond donors (Lipinski definition) is 1. The van der Waals surface area contributed by atoms with E-state index < -0.39 is 17.6 Å². The van der Waals surface area contributed by atoms with Crippen LogP contribution in [0.5, 0.6) is 5.88 Å². The number of imidazole rings is 1. The van der Waals surface area contributed by atoms with Gasteiger partial charge in [0, 0.05) is 35.2 Å². The van der Waals surface area contributed by atoms with Crippen molar-refractivity contribution in [3.05, 3.63) is 106 Å². The lowest BCUT2D eigenvalue weighted by Crippen LogP contribution is -2.32. The Labute approximate surface area is 238 Å². The molecule has 8 nitrogen and oxygen atoms in total. The van der Waals surface area contributed by atoms with E-state index in [9.17, 15) is 14.3 Å². The van der Waals surface area contributed by atoms with Gasteiger partial charge < -0.3 is 19.1 Å². The average Bonchev–Trinajstić information content (AvgIpc) is 3.27. The predicted octanol–water partition coefficient (Wildman–Crippen LogP) is 6.08. The largest absolute Gasteiger partial charge is 0.477 e. The van der Waals surface area contributed by atoms with E-state index in [0.29, 0.717) is 57.5 Å². The number of aromatic nitrogens is 4. The summed E-state index contributed by atoms with van der Waals surface area (Å²) in [6.07, 6.45) is 0.997. The van der Waals surface area contributed by atoms with Gasteiger partial charge in [-0.3, -0.25) is 0 Å². The number of hydrogen-bond acceptors (Lipinski definition) is 6. The lowest BCUT2D eigenvalue weighted by atomic mass is 10.1. The van der Waals surface area contributed by atoms with Gasteiger partial charge >= 0.3 is 5.97 Å². The molecule has 1 saturated heterocycles. The Bertz CT molecular complexity index is 1770. The van der Waals surface area contributed by atoms with E-state index in [1.807, 2.05) is 4.57 Å². The SMILES string of the molecule is O=C(O)c1ccc2nc(Cc3ccc(-c4cccc(OCc5ccc(Cl)cc5F)n4)cc3F)n(CC3CCO3)c2n1. The van der Waals surface area contributed by atoms with Gasteiger partial charge in [-0.2, -0.15) is 0 Å². The fraction of sp³-hybridized carbons (Fsp3) is 0.200. The quantitative estimate of drug-likeness (QED) is 0.227. The van der Waals surface area contributed by atoms with Crippen molar-refractivity contribution in [1.82, 2.24) is 19.5 Å². The van der Waals surface area contributed by atoms with E-state index in [1.165, 1.54) is 18.2 Å². The molecule has 0 spiro atoms. The van der Waals surface area contributed by atoms with E-state index >= 15 is 4.39 Å². The highest BCUT2D eigenvalue weighted by Gasteiger charge is 2.24. The van der Waals surface area contributed by atoms with Gasteiger partial charge in [0.25, 0.3) is 0 Å². The molecule has 0 saturated carbocycles. The van der Waals surface area contributed by atoms with Gasteiger partial charge in [0.05, 0.1) is 18.3 Å². The van der Waals surface area contributed by atoms with Crippen molar-refractivity contribution in [3.63, 3.8) is 0 Å². The number of carbonyl (C=O) groups is 1. The summed E-state index contributed by atoms with van der Waals surface area (Å²) in [5.41, 5.74) is 2.63. The monoisotopic (exact) mass is 576 g/mol. The molecule has 5 aromatic rings. The Hall–Kier alpha value is -4.41. The number of carboxylic acids is 1. The van der Waals surface area contributed by atoms with Crippen LogP contribution >= 0.6 is 11.6 Å². The number of fused-ring (bicyclic) bond motifs is 1. The minimum absolute atomic E-state index is 0.0367. The number of benzene rings is 2. The number of aromatic carboxylic acids is 1. The van der Waals surface area contributed by atoms with Crippen molar-refractivity contribution < 1.29 is 28.2 Å². The van der Waals surface area contributed by atoms with Crippen molar-refractivity contribution >= 4 is 28.7 Å². The summed E-state index contributed by atoms with van der Waals surface area (Å²) in [6.45, 7) is 1.07. The highest BCUT2D eigenvalue weighted by atomic mass is 35.5. The smallest absolute Gasteiger partial charge is 0.354 e. The highest BCUT2D eigenvalue weighted by molar-refractivity contribution is 6.30. The number of halogens is 3. The van der Waals surface area contributed by atoms with Crippen molar-refractivity contribution in [2.75, 3.05) is 6.61 Å². The van der Waals surface area contributed by atoms with Crippen LogP contribution < -0.4 is 4.74 Å². The average molecular weight is 577 g/mol.